The number of benzene rings is 4. The Hall–Kier alpha value is -3.22. The van der Waals surface area contributed by atoms with Crippen LogP contribution in [0.3, 0.4) is 0 Å². The number of nitrogens with zero attached hydrogens (tertiary/aromatic N) is 1. The molecule has 0 spiro atoms. The fourth-order valence-electron chi connectivity index (χ4n) is 6.80. The molecule has 0 bridgehead atoms. The topological polar surface area (TPSA) is 3.24 Å². The van der Waals surface area contributed by atoms with E-state index in [0.29, 0.717) is 0 Å². The Balaban J connectivity index is 1.70. The third kappa shape index (κ3) is 4.51. The number of hydrogen-bond donors (Lipinski definition) is 0. The maximum absolute atomic E-state index is 2.81. The van der Waals surface area contributed by atoms with Crippen molar-refractivity contribution in [3.05, 3.63) is 143 Å². The van der Waals surface area contributed by atoms with Gasteiger partial charge in [0.25, 0.3) is 0 Å². The van der Waals surface area contributed by atoms with Gasteiger partial charge in [0.05, 0.1) is 0 Å². The SMILES string of the molecule is CCc1cccc(CC)c1N1[C](=[Ru]=[C]2C=C(c3ccccc3)c3ccccc32)C(C)(c2ccccc2)CC1(C)C. The molecule has 1 atom stereocenters. The van der Waals surface area contributed by atoms with Crippen LogP contribution in [0, 0.1) is 0 Å². The molecule has 1 heterocycles. The van der Waals surface area contributed by atoms with Crippen molar-refractivity contribution in [2.45, 2.75) is 64.8 Å². The van der Waals surface area contributed by atoms with Crippen LogP contribution in [0.2, 0.25) is 0 Å². The summed E-state index contributed by atoms with van der Waals surface area (Å²) in [6, 6.07) is 38.2. The first-order valence-corrected chi connectivity index (χ1v) is 16.3. The van der Waals surface area contributed by atoms with E-state index < -0.39 is 0 Å². The van der Waals surface area contributed by atoms with E-state index in [4.69, 9.17) is 0 Å². The van der Waals surface area contributed by atoms with E-state index in [9.17, 15) is 0 Å². The quantitative estimate of drug-likeness (QED) is 0.205. The van der Waals surface area contributed by atoms with Gasteiger partial charge < -0.3 is 0 Å². The van der Waals surface area contributed by atoms with Crippen LogP contribution >= 0.6 is 0 Å². The van der Waals surface area contributed by atoms with Crippen LogP contribution < -0.4 is 4.90 Å². The van der Waals surface area contributed by atoms with E-state index >= 15 is 0 Å². The van der Waals surface area contributed by atoms with E-state index in [-0.39, 0.29) is 27.2 Å². The number of para-hydroxylation sites is 1. The first kappa shape index (κ1) is 27.0. The van der Waals surface area contributed by atoms with Gasteiger partial charge in [-0.1, -0.05) is 0 Å². The van der Waals surface area contributed by atoms with Crippen LogP contribution in [0.5, 0.6) is 0 Å². The monoisotopic (exact) mass is 611 g/mol. The summed E-state index contributed by atoms with van der Waals surface area (Å²) in [6.45, 7) is 12.1. The van der Waals surface area contributed by atoms with Crippen molar-refractivity contribution >= 4 is 19.6 Å². The molecular weight excluding hydrogens is 571 g/mol. The minimum absolute atomic E-state index is 0.00550. The van der Waals surface area contributed by atoms with Crippen molar-refractivity contribution in [1.29, 1.82) is 0 Å². The van der Waals surface area contributed by atoms with Crippen molar-refractivity contribution in [1.82, 2.24) is 0 Å². The number of hydrogen-bond acceptors (Lipinski definition) is 1. The molecule has 1 fully saturated rings. The van der Waals surface area contributed by atoms with Gasteiger partial charge >= 0.3 is 248 Å². The summed E-state index contributed by atoms with van der Waals surface area (Å²) in [5.74, 6) is 0. The molecule has 1 unspecified atom stereocenters. The fourth-order valence-corrected chi connectivity index (χ4v) is 10.0. The molecule has 0 saturated carbocycles. The molecule has 0 amide bonds. The van der Waals surface area contributed by atoms with Gasteiger partial charge in [-0.3, -0.25) is 0 Å². The second-order valence-electron chi connectivity index (χ2n) is 11.8. The third-order valence-electron chi connectivity index (χ3n) is 8.62. The average Bonchev–Trinajstić information content (AvgIpc) is 3.45. The zero-order valence-corrected chi connectivity index (χ0v) is 26.1. The van der Waals surface area contributed by atoms with Crippen LogP contribution in [0.15, 0.2) is 109 Å². The van der Waals surface area contributed by atoms with Crippen molar-refractivity contribution in [3.63, 3.8) is 0 Å². The Bertz CT molecular complexity index is 1630. The Kier molecular flexibility index (Phi) is 7.18. The van der Waals surface area contributed by atoms with Crippen molar-refractivity contribution in [2.75, 3.05) is 4.90 Å². The number of aryl methyl sites for hydroxylation is 2. The fraction of sp³-hybridized carbons (Fsp3) is 0.263. The molecule has 0 radical (unpaired) electrons. The van der Waals surface area contributed by atoms with Crippen molar-refractivity contribution in [2.24, 2.45) is 0 Å². The van der Waals surface area contributed by atoms with Crippen molar-refractivity contribution in [3.8, 4) is 0 Å². The summed E-state index contributed by atoms with van der Waals surface area (Å²) in [6.07, 6.45) is 5.68. The van der Waals surface area contributed by atoms with Crippen LogP contribution in [-0.4, -0.2) is 13.9 Å². The molecule has 1 aliphatic heterocycles. The van der Waals surface area contributed by atoms with E-state index in [2.05, 4.69) is 149 Å². The van der Waals surface area contributed by atoms with E-state index in [0.717, 1.165) is 19.3 Å². The summed E-state index contributed by atoms with van der Waals surface area (Å²) in [4.78, 5) is 2.81. The van der Waals surface area contributed by atoms with E-state index in [1.807, 2.05) is 0 Å². The van der Waals surface area contributed by atoms with Gasteiger partial charge in [0.1, 0.15) is 0 Å². The normalized spacial score (nSPS) is 19.6. The standard InChI is InChI=1S/C23H29N.C15H10.Ru/c1-6-18-12-11-13-19(7-2)21(18)24-17-23(5,16-22(24,3)4)20-14-9-8-10-15-20;1-2-6-12(7-3-1)15-11-10-13-8-4-5-9-14(13)15;/h8-15H,6-7,16H2,1-5H3;1-9,11H;. The zero-order chi connectivity index (χ0) is 27.9. The molecule has 204 valence electrons. The summed E-state index contributed by atoms with van der Waals surface area (Å²) < 4.78 is 3.11. The Morgan fingerprint density at radius 3 is 1.88 bits per heavy atom. The predicted octanol–water partition coefficient (Wildman–Crippen LogP) is 8.64. The number of fused-ring (bicyclic) bond motifs is 1. The molecule has 1 aliphatic carbocycles. The third-order valence-corrected chi connectivity index (χ3v) is 11.6. The maximum atomic E-state index is 2.81. The van der Waals surface area contributed by atoms with Gasteiger partial charge in [0.2, 0.25) is 0 Å². The first-order valence-electron chi connectivity index (χ1n) is 14.6. The van der Waals surface area contributed by atoms with E-state index in [1.54, 1.807) is 4.23 Å². The summed E-state index contributed by atoms with van der Waals surface area (Å²) in [5, 5.41) is 0. The molecule has 1 saturated heterocycles. The number of anilines is 1. The first-order chi connectivity index (χ1) is 19.4. The van der Waals surface area contributed by atoms with Crippen LogP contribution in [0.25, 0.3) is 5.57 Å². The molecule has 2 heteroatoms. The molecule has 2 aliphatic rings. The van der Waals surface area contributed by atoms with Gasteiger partial charge in [-0.25, -0.2) is 0 Å². The minimum atomic E-state index is -0.229. The number of rotatable bonds is 5. The van der Waals surface area contributed by atoms with Crippen molar-refractivity contribution < 1.29 is 16.2 Å². The second kappa shape index (κ2) is 10.6. The van der Waals surface area contributed by atoms with E-state index in [1.165, 1.54) is 48.7 Å². The Morgan fingerprint density at radius 1 is 0.675 bits per heavy atom. The van der Waals surface area contributed by atoms with Crippen LogP contribution in [-0.2, 0) is 34.5 Å². The molecule has 1 nitrogen and oxygen atoms in total. The summed E-state index contributed by atoms with van der Waals surface area (Å²) in [5.41, 5.74) is 11.2. The zero-order valence-electron chi connectivity index (χ0n) is 24.3. The molecule has 0 aromatic heterocycles. The molecular formula is C38H39NRu. The summed E-state index contributed by atoms with van der Waals surface area (Å²) in [7, 11) is 0. The van der Waals surface area contributed by atoms with Gasteiger partial charge in [0.15, 0.2) is 0 Å². The number of allylic oxidation sites excluding steroid dienone is 1. The molecule has 4 aromatic rings. The second-order valence-corrected chi connectivity index (χ2v) is 14.0. The molecule has 4 aromatic carbocycles. The summed E-state index contributed by atoms with van der Waals surface area (Å²) >= 11 is -0.229. The van der Waals surface area contributed by atoms with Crippen LogP contribution in [0.4, 0.5) is 5.69 Å². The van der Waals surface area contributed by atoms with Crippen LogP contribution in [0.1, 0.15) is 74.4 Å². The average molecular weight is 611 g/mol. The Labute approximate surface area is 247 Å². The Morgan fingerprint density at radius 2 is 1.25 bits per heavy atom. The predicted molar refractivity (Wildman–Crippen MR) is 169 cm³/mol. The molecule has 40 heavy (non-hydrogen) atoms. The molecule has 6 rings (SSSR count). The van der Waals surface area contributed by atoms with Gasteiger partial charge in [-0.2, -0.15) is 0 Å². The molecule has 0 N–H and O–H groups in total. The van der Waals surface area contributed by atoms with Gasteiger partial charge in [-0.15, -0.1) is 0 Å². The van der Waals surface area contributed by atoms with Gasteiger partial charge in [-0.05, 0) is 0 Å². The van der Waals surface area contributed by atoms with Gasteiger partial charge in [0, 0.05) is 0 Å².